The lowest BCUT2D eigenvalue weighted by Gasteiger charge is -2.37. The fraction of sp³-hybridized carbons (Fsp3) is 0.533. The van der Waals surface area contributed by atoms with Gasteiger partial charge in [-0.2, -0.15) is 8.73 Å². The molecule has 1 aromatic rings. The van der Waals surface area contributed by atoms with Crippen LogP contribution in [0.5, 0.6) is 0 Å². The van der Waals surface area contributed by atoms with Crippen molar-refractivity contribution in [3.8, 4) is 0 Å². The number of rotatable bonds is 4. The van der Waals surface area contributed by atoms with Gasteiger partial charge in [0.1, 0.15) is 11.4 Å². The number of nitrogens with one attached hydrogen (secondary N) is 1. The number of likely N-dealkylation sites (tertiary alicyclic amines) is 1. The summed E-state index contributed by atoms with van der Waals surface area (Å²) < 4.78 is 8.43. The van der Waals surface area contributed by atoms with E-state index in [4.69, 9.17) is 5.73 Å². The molecule has 0 radical (unpaired) electrons. The van der Waals surface area contributed by atoms with E-state index in [0.717, 1.165) is 47.8 Å². The van der Waals surface area contributed by atoms with Crippen LogP contribution in [0.3, 0.4) is 0 Å². The Morgan fingerprint density at radius 3 is 3.18 bits per heavy atom. The van der Waals surface area contributed by atoms with Crippen molar-refractivity contribution >= 4 is 34.3 Å². The van der Waals surface area contributed by atoms with E-state index in [9.17, 15) is 4.79 Å². The SMILES string of the molecule is CC(N)C1CCCCN1CC(=O)Nc1cccc2c1N=S=N2. The highest BCUT2D eigenvalue weighted by Crippen LogP contribution is 2.38. The van der Waals surface area contributed by atoms with Crippen molar-refractivity contribution in [2.75, 3.05) is 18.4 Å². The zero-order chi connectivity index (χ0) is 15.5. The molecule has 7 heteroatoms. The van der Waals surface area contributed by atoms with Crippen LogP contribution in [0.25, 0.3) is 0 Å². The molecule has 0 saturated carbocycles. The van der Waals surface area contributed by atoms with Crippen LogP contribution in [0.2, 0.25) is 0 Å². The first kappa shape index (κ1) is 15.3. The molecule has 22 heavy (non-hydrogen) atoms. The van der Waals surface area contributed by atoms with E-state index in [0.29, 0.717) is 6.54 Å². The van der Waals surface area contributed by atoms with Crippen molar-refractivity contribution in [2.45, 2.75) is 38.3 Å². The minimum Gasteiger partial charge on any atom is -0.327 e. The fourth-order valence-corrected chi connectivity index (χ4v) is 3.64. The monoisotopic (exact) mass is 319 g/mol. The molecular weight excluding hydrogens is 298 g/mol. The maximum absolute atomic E-state index is 12.4. The molecule has 1 aromatic carbocycles. The Balaban J connectivity index is 1.65. The van der Waals surface area contributed by atoms with Gasteiger partial charge in [-0.05, 0) is 38.4 Å². The molecule has 2 aliphatic rings. The average molecular weight is 319 g/mol. The van der Waals surface area contributed by atoms with Crippen molar-refractivity contribution < 1.29 is 4.79 Å². The predicted octanol–water partition coefficient (Wildman–Crippen LogP) is 2.55. The summed E-state index contributed by atoms with van der Waals surface area (Å²) in [6.45, 7) is 3.32. The molecule has 6 nitrogen and oxygen atoms in total. The van der Waals surface area contributed by atoms with Crippen LogP contribution in [0.15, 0.2) is 26.9 Å². The van der Waals surface area contributed by atoms with Gasteiger partial charge in [-0.3, -0.25) is 9.69 Å². The molecule has 0 spiro atoms. The first-order chi connectivity index (χ1) is 10.6. The third kappa shape index (κ3) is 3.26. The summed E-state index contributed by atoms with van der Waals surface area (Å²) in [7, 11) is 0. The van der Waals surface area contributed by atoms with Crippen LogP contribution in [-0.2, 0) is 16.1 Å². The number of hydrogen-bond acceptors (Lipinski definition) is 5. The molecule has 2 unspecified atom stereocenters. The largest absolute Gasteiger partial charge is 0.327 e. The molecule has 0 aromatic heterocycles. The molecule has 3 rings (SSSR count). The molecule has 1 fully saturated rings. The van der Waals surface area contributed by atoms with E-state index in [1.165, 1.54) is 6.42 Å². The van der Waals surface area contributed by atoms with Gasteiger partial charge in [0.2, 0.25) is 5.91 Å². The van der Waals surface area contributed by atoms with Gasteiger partial charge in [-0.25, -0.2) is 0 Å². The van der Waals surface area contributed by atoms with E-state index < -0.39 is 0 Å². The molecular formula is C15H21N5OS. The summed E-state index contributed by atoms with van der Waals surface area (Å²) in [5.74, 6) is -0.0203. The fourth-order valence-electron chi connectivity index (χ4n) is 3.09. The summed E-state index contributed by atoms with van der Waals surface area (Å²) in [6, 6.07) is 6.01. The maximum Gasteiger partial charge on any atom is 0.238 e. The Bertz CT molecular complexity index is 639. The maximum atomic E-state index is 12.4. The van der Waals surface area contributed by atoms with Crippen LogP contribution in [0.1, 0.15) is 26.2 Å². The summed E-state index contributed by atoms with van der Waals surface area (Å²) >= 11 is 1.16. The molecule has 1 saturated heterocycles. The first-order valence-electron chi connectivity index (χ1n) is 7.66. The standard InChI is InChI=1S/C15H21N5OS/c1-10(16)13-7-2-3-8-20(13)9-14(21)17-11-5-4-6-12-15(11)19-22-18-12/h4-6,10,13H,2-3,7-9,16H2,1H3,(H,17,21). The number of benzene rings is 1. The predicted molar refractivity (Wildman–Crippen MR) is 89.5 cm³/mol. The highest BCUT2D eigenvalue weighted by atomic mass is 32.1. The topological polar surface area (TPSA) is 83.1 Å². The van der Waals surface area contributed by atoms with Gasteiger partial charge in [0.15, 0.2) is 0 Å². The second-order valence-electron chi connectivity index (χ2n) is 5.88. The smallest absolute Gasteiger partial charge is 0.238 e. The van der Waals surface area contributed by atoms with Crippen molar-refractivity contribution in [3.63, 3.8) is 0 Å². The number of carbonyl (C=O) groups is 1. The molecule has 2 aliphatic heterocycles. The van der Waals surface area contributed by atoms with E-state index in [1.54, 1.807) is 0 Å². The van der Waals surface area contributed by atoms with Crippen LogP contribution >= 0.6 is 0 Å². The minimum absolute atomic E-state index is 0.0203. The van der Waals surface area contributed by atoms with E-state index in [-0.39, 0.29) is 18.0 Å². The molecule has 0 aliphatic carbocycles. The van der Waals surface area contributed by atoms with Crippen molar-refractivity contribution in [1.82, 2.24) is 4.90 Å². The second-order valence-corrected chi connectivity index (χ2v) is 6.41. The summed E-state index contributed by atoms with van der Waals surface area (Å²) in [5.41, 5.74) is 8.35. The highest BCUT2D eigenvalue weighted by Gasteiger charge is 2.27. The number of amides is 1. The van der Waals surface area contributed by atoms with Gasteiger partial charge in [-0.1, -0.05) is 12.5 Å². The van der Waals surface area contributed by atoms with Gasteiger partial charge in [-0.15, -0.1) is 0 Å². The average Bonchev–Trinajstić information content (AvgIpc) is 2.97. The van der Waals surface area contributed by atoms with Crippen LogP contribution in [0.4, 0.5) is 17.1 Å². The molecule has 118 valence electrons. The molecule has 2 heterocycles. The Morgan fingerprint density at radius 2 is 2.36 bits per heavy atom. The second kappa shape index (κ2) is 6.68. The zero-order valence-electron chi connectivity index (χ0n) is 12.7. The van der Waals surface area contributed by atoms with Gasteiger partial charge >= 0.3 is 0 Å². The molecule has 2 atom stereocenters. The van der Waals surface area contributed by atoms with Crippen LogP contribution in [0, 0.1) is 0 Å². The number of hydrogen-bond donors (Lipinski definition) is 2. The number of anilines is 1. The van der Waals surface area contributed by atoms with Gasteiger partial charge in [0.25, 0.3) is 0 Å². The molecule has 1 amide bonds. The normalized spacial score (nSPS) is 22.0. The lowest BCUT2D eigenvalue weighted by Crippen LogP contribution is -2.51. The van der Waals surface area contributed by atoms with Crippen molar-refractivity contribution in [1.29, 1.82) is 0 Å². The first-order valence-corrected chi connectivity index (χ1v) is 8.39. The summed E-state index contributed by atoms with van der Waals surface area (Å²) in [6.07, 6.45) is 3.38. The Labute approximate surface area is 134 Å². The van der Waals surface area contributed by atoms with Crippen molar-refractivity contribution in [3.05, 3.63) is 18.2 Å². The van der Waals surface area contributed by atoms with Crippen LogP contribution in [-0.4, -0.2) is 36.0 Å². The highest BCUT2D eigenvalue weighted by molar-refractivity contribution is 7.58. The number of nitrogens with zero attached hydrogens (tertiary/aromatic N) is 3. The van der Waals surface area contributed by atoms with E-state index in [2.05, 4.69) is 18.9 Å². The van der Waals surface area contributed by atoms with Gasteiger partial charge < -0.3 is 11.1 Å². The van der Waals surface area contributed by atoms with Crippen molar-refractivity contribution in [2.24, 2.45) is 14.5 Å². The van der Waals surface area contributed by atoms with Crippen LogP contribution < -0.4 is 11.1 Å². The van der Waals surface area contributed by atoms with Gasteiger partial charge in [0.05, 0.1) is 23.6 Å². The number of fused-ring (bicyclic) bond motifs is 1. The molecule has 3 N–H and O–H groups in total. The zero-order valence-corrected chi connectivity index (χ0v) is 13.5. The van der Waals surface area contributed by atoms with E-state index in [1.807, 2.05) is 25.1 Å². The van der Waals surface area contributed by atoms with E-state index >= 15 is 0 Å². The third-order valence-electron chi connectivity index (χ3n) is 4.18. The summed E-state index contributed by atoms with van der Waals surface area (Å²) in [5, 5.41) is 2.96. The number of piperidine rings is 1. The lowest BCUT2D eigenvalue weighted by molar-refractivity contribution is -0.118. The molecule has 0 bridgehead atoms. The third-order valence-corrected chi connectivity index (χ3v) is 4.72. The minimum atomic E-state index is -0.0203. The Hall–Kier alpha value is -1.57. The van der Waals surface area contributed by atoms with Gasteiger partial charge in [0, 0.05) is 12.1 Å². The Kier molecular flexibility index (Phi) is 4.66. The number of nitrogens with two attached hydrogens (primary N) is 1. The summed E-state index contributed by atoms with van der Waals surface area (Å²) in [4.78, 5) is 14.6. The lowest BCUT2D eigenvalue weighted by atomic mass is 9.97. The number of carbonyl (C=O) groups excluding carboxylic acids is 1. The quantitative estimate of drug-likeness (QED) is 0.908. The Morgan fingerprint density at radius 1 is 1.50 bits per heavy atom.